The number of carbonyl (C=O) groups excluding carboxylic acids is 2. The molecular formula is C22H29ClIN5O3. The van der Waals surface area contributed by atoms with Gasteiger partial charge in [-0.2, -0.15) is 0 Å². The van der Waals surface area contributed by atoms with Crippen LogP contribution in [0.15, 0.2) is 52.1 Å². The summed E-state index contributed by atoms with van der Waals surface area (Å²) < 4.78 is 5.07. The van der Waals surface area contributed by atoms with E-state index in [1.54, 1.807) is 18.2 Å². The van der Waals surface area contributed by atoms with E-state index in [0.29, 0.717) is 50.7 Å². The highest BCUT2D eigenvalue weighted by Gasteiger charge is 2.23. The Balaban J connectivity index is 0.00000363. The number of furan rings is 1. The van der Waals surface area contributed by atoms with Crippen molar-refractivity contribution >= 4 is 53.4 Å². The van der Waals surface area contributed by atoms with Gasteiger partial charge < -0.3 is 24.9 Å². The van der Waals surface area contributed by atoms with Gasteiger partial charge in [-0.3, -0.25) is 14.6 Å². The van der Waals surface area contributed by atoms with Gasteiger partial charge in [-0.15, -0.1) is 24.0 Å². The quantitative estimate of drug-likeness (QED) is 0.230. The summed E-state index contributed by atoms with van der Waals surface area (Å²) in [6.07, 6.45) is 1.82. The van der Waals surface area contributed by atoms with Crippen molar-refractivity contribution in [3.05, 3.63) is 59.0 Å². The minimum Gasteiger partial charge on any atom is -0.459 e. The van der Waals surface area contributed by atoms with E-state index in [9.17, 15) is 9.59 Å². The number of aliphatic imine (C=N–C) groups is 1. The van der Waals surface area contributed by atoms with Crippen molar-refractivity contribution in [2.75, 3.05) is 45.8 Å². The molecule has 1 aliphatic rings. The molecule has 2 heterocycles. The lowest BCUT2D eigenvalue weighted by Crippen LogP contribution is -2.54. The molecule has 0 spiro atoms. The van der Waals surface area contributed by atoms with Crippen molar-refractivity contribution in [2.45, 2.75) is 13.3 Å². The molecule has 1 fully saturated rings. The number of benzene rings is 1. The molecule has 3 rings (SSSR count). The summed E-state index contributed by atoms with van der Waals surface area (Å²) in [5, 5.41) is 6.71. The Morgan fingerprint density at radius 1 is 1.09 bits per heavy atom. The van der Waals surface area contributed by atoms with Gasteiger partial charge in [-0.1, -0.05) is 23.7 Å². The predicted molar refractivity (Wildman–Crippen MR) is 136 cm³/mol. The summed E-state index contributed by atoms with van der Waals surface area (Å²) in [6, 6.07) is 10.7. The van der Waals surface area contributed by atoms with Crippen LogP contribution in [0.3, 0.4) is 0 Å². The maximum Gasteiger partial charge on any atom is 0.287 e. The van der Waals surface area contributed by atoms with Gasteiger partial charge in [0.1, 0.15) is 0 Å². The minimum absolute atomic E-state index is 0. The SMILES string of the molecule is CCNC(=NCCNC(=O)c1ccco1)N1CCN(C(=O)Cc2cccc(Cl)c2)CC1.I. The fourth-order valence-electron chi connectivity index (χ4n) is 3.35. The zero-order chi connectivity index (χ0) is 22.1. The lowest BCUT2D eigenvalue weighted by Gasteiger charge is -2.36. The minimum atomic E-state index is -0.253. The van der Waals surface area contributed by atoms with Crippen molar-refractivity contribution < 1.29 is 14.0 Å². The second kappa shape index (κ2) is 13.3. The Morgan fingerprint density at radius 3 is 2.50 bits per heavy atom. The van der Waals surface area contributed by atoms with E-state index in [2.05, 4.69) is 20.5 Å². The van der Waals surface area contributed by atoms with Gasteiger partial charge in [0.2, 0.25) is 5.91 Å². The molecule has 2 aromatic rings. The maximum absolute atomic E-state index is 12.6. The lowest BCUT2D eigenvalue weighted by atomic mass is 10.1. The second-order valence-electron chi connectivity index (χ2n) is 7.14. The van der Waals surface area contributed by atoms with E-state index in [1.807, 2.05) is 30.0 Å². The fraction of sp³-hybridized carbons (Fsp3) is 0.409. The molecule has 0 aliphatic carbocycles. The van der Waals surface area contributed by atoms with Crippen LogP contribution in [0.5, 0.6) is 0 Å². The predicted octanol–water partition coefficient (Wildman–Crippen LogP) is 2.63. The Bertz CT molecular complexity index is 899. The van der Waals surface area contributed by atoms with E-state index in [0.717, 1.165) is 18.1 Å². The first-order chi connectivity index (χ1) is 15.1. The normalized spacial score (nSPS) is 14.0. The summed E-state index contributed by atoms with van der Waals surface area (Å²) in [6.45, 7) is 6.29. The average molecular weight is 574 g/mol. The highest BCUT2D eigenvalue weighted by Crippen LogP contribution is 2.13. The van der Waals surface area contributed by atoms with Crippen LogP contribution in [-0.2, 0) is 11.2 Å². The Kier molecular flexibility index (Phi) is 10.8. The molecule has 10 heteroatoms. The van der Waals surface area contributed by atoms with E-state index in [1.165, 1.54) is 6.26 Å². The third-order valence-electron chi connectivity index (χ3n) is 4.92. The number of nitrogens with zero attached hydrogens (tertiary/aromatic N) is 3. The molecule has 0 radical (unpaired) electrons. The molecule has 174 valence electrons. The van der Waals surface area contributed by atoms with Gasteiger partial charge >= 0.3 is 0 Å². The molecule has 2 amide bonds. The van der Waals surface area contributed by atoms with Gasteiger partial charge in [0.05, 0.1) is 19.2 Å². The first-order valence-corrected chi connectivity index (χ1v) is 10.8. The molecule has 0 unspecified atom stereocenters. The number of amides is 2. The largest absolute Gasteiger partial charge is 0.459 e. The molecule has 1 aromatic carbocycles. The number of nitrogens with one attached hydrogen (secondary N) is 2. The van der Waals surface area contributed by atoms with E-state index < -0.39 is 0 Å². The third kappa shape index (κ3) is 7.70. The Morgan fingerprint density at radius 2 is 1.84 bits per heavy atom. The van der Waals surface area contributed by atoms with Crippen LogP contribution in [0, 0.1) is 0 Å². The zero-order valence-electron chi connectivity index (χ0n) is 18.1. The molecule has 1 aliphatic heterocycles. The highest BCUT2D eigenvalue weighted by molar-refractivity contribution is 14.0. The Hall–Kier alpha value is -2.27. The summed E-state index contributed by atoms with van der Waals surface area (Å²) >= 11 is 6.01. The number of hydrogen-bond acceptors (Lipinski definition) is 4. The van der Waals surface area contributed by atoms with Crippen LogP contribution in [0.1, 0.15) is 23.0 Å². The smallest absolute Gasteiger partial charge is 0.287 e. The van der Waals surface area contributed by atoms with E-state index in [-0.39, 0.29) is 41.6 Å². The first-order valence-electron chi connectivity index (χ1n) is 10.4. The molecule has 2 N–H and O–H groups in total. The van der Waals surface area contributed by atoms with Crippen molar-refractivity contribution in [1.29, 1.82) is 0 Å². The Labute approximate surface area is 210 Å². The van der Waals surface area contributed by atoms with Crippen molar-refractivity contribution in [3.63, 3.8) is 0 Å². The summed E-state index contributed by atoms with van der Waals surface area (Å²) in [7, 11) is 0. The highest BCUT2D eigenvalue weighted by atomic mass is 127. The first kappa shape index (κ1) is 26.0. The van der Waals surface area contributed by atoms with Crippen molar-refractivity contribution in [1.82, 2.24) is 20.4 Å². The topological polar surface area (TPSA) is 90.2 Å². The van der Waals surface area contributed by atoms with Crippen LogP contribution in [0.25, 0.3) is 0 Å². The van der Waals surface area contributed by atoms with Crippen LogP contribution >= 0.6 is 35.6 Å². The monoisotopic (exact) mass is 573 g/mol. The van der Waals surface area contributed by atoms with Crippen molar-refractivity contribution in [2.24, 2.45) is 4.99 Å². The number of guanidine groups is 1. The molecule has 0 atom stereocenters. The molecule has 8 nitrogen and oxygen atoms in total. The lowest BCUT2D eigenvalue weighted by molar-refractivity contribution is -0.131. The standard InChI is InChI=1S/C22H28ClN5O3.HI/c1-2-24-22(26-9-8-25-21(30)19-7-4-14-31-19)28-12-10-27(11-13-28)20(29)16-17-5-3-6-18(23)15-17;/h3-7,14-15H,2,8-13,16H2,1H3,(H,24,26)(H,25,30);1H. The van der Waals surface area contributed by atoms with E-state index >= 15 is 0 Å². The maximum atomic E-state index is 12.6. The third-order valence-corrected chi connectivity index (χ3v) is 5.15. The van der Waals surface area contributed by atoms with Gasteiger partial charge in [-0.25, -0.2) is 0 Å². The number of carbonyl (C=O) groups is 2. The number of hydrogen-bond donors (Lipinski definition) is 2. The second-order valence-corrected chi connectivity index (χ2v) is 7.58. The summed E-state index contributed by atoms with van der Waals surface area (Å²) in [5.74, 6) is 0.924. The molecule has 0 bridgehead atoms. The van der Waals surface area contributed by atoms with Gasteiger partial charge in [0, 0.05) is 44.3 Å². The molecule has 0 saturated carbocycles. The summed E-state index contributed by atoms with van der Waals surface area (Å²) in [4.78, 5) is 33.2. The summed E-state index contributed by atoms with van der Waals surface area (Å²) in [5.41, 5.74) is 0.923. The molecule has 32 heavy (non-hydrogen) atoms. The van der Waals surface area contributed by atoms with Crippen LogP contribution in [0.4, 0.5) is 0 Å². The van der Waals surface area contributed by atoms with Gasteiger partial charge in [-0.05, 0) is 36.8 Å². The number of rotatable bonds is 7. The number of piperazine rings is 1. The van der Waals surface area contributed by atoms with Crippen LogP contribution in [-0.4, -0.2) is 73.4 Å². The van der Waals surface area contributed by atoms with Crippen LogP contribution < -0.4 is 10.6 Å². The van der Waals surface area contributed by atoms with E-state index in [4.69, 9.17) is 16.0 Å². The molecule has 1 saturated heterocycles. The molecular weight excluding hydrogens is 545 g/mol. The average Bonchev–Trinajstić information content (AvgIpc) is 3.31. The number of halogens is 2. The molecule has 1 aromatic heterocycles. The zero-order valence-corrected chi connectivity index (χ0v) is 21.1. The van der Waals surface area contributed by atoms with Gasteiger partial charge in [0.25, 0.3) is 5.91 Å². The fourth-order valence-corrected chi connectivity index (χ4v) is 3.57. The van der Waals surface area contributed by atoms with Crippen LogP contribution in [0.2, 0.25) is 5.02 Å². The van der Waals surface area contributed by atoms with Crippen molar-refractivity contribution in [3.8, 4) is 0 Å². The van der Waals surface area contributed by atoms with Gasteiger partial charge in [0.15, 0.2) is 11.7 Å².